The number of nitrogens with two attached hydrogens (primary N) is 1. The van der Waals surface area contributed by atoms with Crippen LogP contribution < -0.4 is 16.4 Å². The van der Waals surface area contributed by atoms with E-state index < -0.39 is 23.7 Å². The molecule has 2 aromatic heterocycles. The van der Waals surface area contributed by atoms with Gasteiger partial charge in [0.2, 0.25) is 0 Å². The molecule has 3 aromatic rings. The SMILES string of the molecule is CC(C)(O)Cn1cc(-c2cccc(-c3cnc(N)c(C(=O)NC4CNCCC4O)n3)c2)cn1. The highest BCUT2D eigenvalue weighted by atomic mass is 16.3. The number of benzene rings is 1. The topological polar surface area (TPSA) is 151 Å². The maximum Gasteiger partial charge on any atom is 0.274 e. The second-order valence-corrected chi connectivity index (χ2v) is 8.95. The van der Waals surface area contributed by atoms with Crippen molar-refractivity contribution >= 4 is 11.7 Å². The van der Waals surface area contributed by atoms with Crippen molar-refractivity contribution in [3.05, 3.63) is 48.5 Å². The maximum atomic E-state index is 12.8. The molecule has 2 atom stereocenters. The average molecular weight is 452 g/mol. The number of nitrogen functional groups attached to an aromatic ring is 1. The predicted octanol–water partition coefficient (Wildman–Crippen LogP) is 0.813. The molecule has 33 heavy (non-hydrogen) atoms. The number of piperidine rings is 1. The Morgan fingerprint density at radius 3 is 2.85 bits per heavy atom. The first-order valence-electron chi connectivity index (χ1n) is 10.9. The lowest BCUT2D eigenvalue weighted by atomic mass is 10.0. The average Bonchev–Trinajstić information content (AvgIpc) is 3.22. The van der Waals surface area contributed by atoms with Crippen LogP contribution in [0.25, 0.3) is 22.4 Å². The van der Waals surface area contributed by atoms with Gasteiger partial charge in [-0.25, -0.2) is 9.97 Å². The van der Waals surface area contributed by atoms with Crippen molar-refractivity contribution in [2.75, 3.05) is 18.8 Å². The smallest absolute Gasteiger partial charge is 0.274 e. The number of carbonyl (C=O) groups excluding carboxylic acids is 1. The highest BCUT2D eigenvalue weighted by Gasteiger charge is 2.26. The molecular weight excluding hydrogens is 422 g/mol. The van der Waals surface area contributed by atoms with E-state index in [1.54, 1.807) is 24.7 Å². The van der Waals surface area contributed by atoms with E-state index in [0.717, 1.165) is 16.7 Å². The molecule has 1 amide bonds. The first-order chi connectivity index (χ1) is 15.7. The Hall–Kier alpha value is -3.34. The Labute approximate surface area is 191 Å². The Bertz CT molecular complexity index is 1140. The number of nitrogens with one attached hydrogen (secondary N) is 2. The molecule has 10 nitrogen and oxygen atoms in total. The molecule has 2 unspecified atom stereocenters. The number of anilines is 1. The summed E-state index contributed by atoms with van der Waals surface area (Å²) in [5.74, 6) is -0.447. The van der Waals surface area contributed by atoms with Crippen LogP contribution in [0.1, 0.15) is 30.8 Å². The minimum atomic E-state index is -0.870. The van der Waals surface area contributed by atoms with Crippen LogP contribution in [-0.4, -0.2) is 66.7 Å². The molecule has 174 valence electrons. The third-order valence-electron chi connectivity index (χ3n) is 5.45. The largest absolute Gasteiger partial charge is 0.391 e. The summed E-state index contributed by atoms with van der Waals surface area (Å²) < 4.78 is 1.70. The van der Waals surface area contributed by atoms with Crippen LogP contribution in [0.5, 0.6) is 0 Å². The molecule has 0 aliphatic carbocycles. The van der Waals surface area contributed by atoms with Gasteiger partial charge in [-0.15, -0.1) is 0 Å². The summed E-state index contributed by atoms with van der Waals surface area (Å²) in [5.41, 5.74) is 8.16. The van der Waals surface area contributed by atoms with Crippen LogP contribution in [0.4, 0.5) is 5.82 Å². The molecule has 0 bridgehead atoms. The summed E-state index contributed by atoms with van der Waals surface area (Å²) in [6.45, 7) is 5.02. The molecule has 0 saturated carbocycles. The highest BCUT2D eigenvalue weighted by Crippen LogP contribution is 2.26. The van der Waals surface area contributed by atoms with Gasteiger partial charge in [-0.1, -0.05) is 18.2 Å². The molecule has 0 radical (unpaired) electrons. The van der Waals surface area contributed by atoms with Gasteiger partial charge < -0.3 is 26.6 Å². The van der Waals surface area contributed by atoms with Gasteiger partial charge in [0.15, 0.2) is 11.5 Å². The number of aliphatic hydroxyl groups is 2. The van der Waals surface area contributed by atoms with E-state index >= 15 is 0 Å². The Morgan fingerprint density at radius 2 is 2.09 bits per heavy atom. The van der Waals surface area contributed by atoms with Crippen LogP contribution in [0.2, 0.25) is 0 Å². The molecule has 1 aliphatic rings. The molecule has 0 spiro atoms. The van der Waals surface area contributed by atoms with E-state index in [1.807, 2.05) is 30.5 Å². The van der Waals surface area contributed by atoms with Crippen molar-refractivity contribution in [1.29, 1.82) is 0 Å². The number of carbonyl (C=O) groups is 1. The van der Waals surface area contributed by atoms with E-state index in [-0.39, 0.29) is 11.5 Å². The van der Waals surface area contributed by atoms with Crippen molar-refractivity contribution in [2.45, 2.75) is 44.6 Å². The van der Waals surface area contributed by atoms with E-state index in [9.17, 15) is 15.0 Å². The summed E-state index contributed by atoms with van der Waals surface area (Å²) in [7, 11) is 0. The number of rotatable bonds is 6. The molecule has 6 N–H and O–H groups in total. The van der Waals surface area contributed by atoms with Crippen LogP contribution in [-0.2, 0) is 6.54 Å². The first-order valence-corrected chi connectivity index (χ1v) is 10.9. The minimum Gasteiger partial charge on any atom is -0.391 e. The van der Waals surface area contributed by atoms with E-state index in [0.29, 0.717) is 31.7 Å². The third-order valence-corrected chi connectivity index (χ3v) is 5.45. The molecule has 4 rings (SSSR count). The summed E-state index contributed by atoms with van der Waals surface area (Å²) >= 11 is 0. The second-order valence-electron chi connectivity index (χ2n) is 8.95. The number of hydrogen-bond donors (Lipinski definition) is 5. The Kier molecular flexibility index (Phi) is 6.41. The summed E-state index contributed by atoms with van der Waals surface area (Å²) in [4.78, 5) is 21.4. The maximum absolute atomic E-state index is 12.8. The van der Waals surface area contributed by atoms with Crippen molar-refractivity contribution < 1.29 is 15.0 Å². The number of aromatic nitrogens is 4. The number of aliphatic hydroxyl groups excluding tert-OH is 1. The quantitative estimate of drug-likeness (QED) is 0.369. The predicted molar refractivity (Wildman–Crippen MR) is 124 cm³/mol. The van der Waals surface area contributed by atoms with Gasteiger partial charge in [-0.2, -0.15) is 5.10 Å². The number of nitrogens with zero attached hydrogens (tertiary/aromatic N) is 4. The van der Waals surface area contributed by atoms with Crippen LogP contribution in [0.15, 0.2) is 42.9 Å². The molecular formula is C23H29N7O3. The summed E-state index contributed by atoms with van der Waals surface area (Å²) in [5, 5.41) is 30.4. The fraction of sp³-hybridized carbons (Fsp3) is 0.391. The second kappa shape index (κ2) is 9.26. The van der Waals surface area contributed by atoms with Gasteiger partial charge in [-0.3, -0.25) is 9.48 Å². The van der Waals surface area contributed by atoms with Crippen LogP contribution >= 0.6 is 0 Å². The minimum absolute atomic E-state index is 0.0219. The highest BCUT2D eigenvalue weighted by molar-refractivity contribution is 5.97. The van der Waals surface area contributed by atoms with Crippen molar-refractivity contribution in [1.82, 2.24) is 30.4 Å². The monoisotopic (exact) mass is 451 g/mol. The summed E-state index contributed by atoms with van der Waals surface area (Å²) in [6.07, 6.45) is 5.07. The zero-order chi connectivity index (χ0) is 23.6. The number of amides is 1. The molecule has 1 aliphatic heterocycles. The lowest BCUT2D eigenvalue weighted by Gasteiger charge is -2.29. The molecule has 3 heterocycles. The van der Waals surface area contributed by atoms with Crippen molar-refractivity contribution in [2.24, 2.45) is 0 Å². The van der Waals surface area contributed by atoms with Gasteiger partial charge in [0.25, 0.3) is 5.91 Å². The molecule has 1 fully saturated rings. The zero-order valence-electron chi connectivity index (χ0n) is 18.7. The zero-order valence-corrected chi connectivity index (χ0v) is 18.7. The Balaban J connectivity index is 1.57. The molecule has 10 heteroatoms. The lowest BCUT2D eigenvalue weighted by molar-refractivity contribution is 0.0577. The lowest BCUT2D eigenvalue weighted by Crippen LogP contribution is -2.53. The standard InChI is InChI=1S/C23H29N7O3/c1-23(2,33)13-30-12-16(9-27-30)14-4-3-5-15(8-14)17-11-26-21(24)20(28-17)22(32)29-18-10-25-7-6-19(18)31/h3-5,8-9,11-12,18-19,25,31,33H,6-7,10,13H2,1-2H3,(H2,24,26)(H,29,32). The van der Waals surface area contributed by atoms with E-state index in [2.05, 4.69) is 25.7 Å². The number of hydrogen-bond acceptors (Lipinski definition) is 8. The van der Waals surface area contributed by atoms with Crippen molar-refractivity contribution in [3.8, 4) is 22.4 Å². The third kappa shape index (κ3) is 5.54. The summed E-state index contributed by atoms with van der Waals surface area (Å²) in [6, 6.07) is 7.23. The first kappa shape index (κ1) is 22.8. The Morgan fingerprint density at radius 1 is 1.30 bits per heavy atom. The fourth-order valence-electron chi connectivity index (χ4n) is 3.79. The van der Waals surface area contributed by atoms with Gasteiger partial charge in [0.1, 0.15) is 0 Å². The molecule has 1 saturated heterocycles. The van der Waals surface area contributed by atoms with Gasteiger partial charge >= 0.3 is 0 Å². The van der Waals surface area contributed by atoms with E-state index in [4.69, 9.17) is 5.73 Å². The van der Waals surface area contributed by atoms with Gasteiger partial charge in [0, 0.05) is 23.9 Å². The molecule has 1 aromatic carbocycles. The van der Waals surface area contributed by atoms with Crippen LogP contribution in [0.3, 0.4) is 0 Å². The normalized spacial score (nSPS) is 18.8. The van der Waals surface area contributed by atoms with Gasteiger partial charge in [-0.05, 0) is 38.4 Å². The van der Waals surface area contributed by atoms with Crippen molar-refractivity contribution in [3.63, 3.8) is 0 Å². The van der Waals surface area contributed by atoms with Crippen LogP contribution in [0, 0.1) is 0 Å². The van der Waals surface area contributed by atoms with E-state index in [1.165, 1.54) is 6.20 Å². The fourth-order valence-corrected chi connectivity index (χ4v) is 3.79. The van der Waals surface area contributed by atoms with Gasteiger partial charge in [0.05, 0.1) is 42.4 Å².